The van der Waals surface area contributed by atoms with Gasteiger partial charge in [-0.2, -0.15) is 5.10 Å². The SMILES string of the molecule is O=C(CCCc1ccc(N(CCCl)CCCl)cc1)N/N=C/[C@@H](O)[C@H](O)CO. The number of rotatable bonds is 13. The first-order valence-electron chi connectivity index (χ1n) is 8.76. The molecule has 0 unspecified atom stereocenters. The van der Waals surface area contributed by atoms with Crippen LogP contribution in [-0.2, 0) is 11.2 Å². The zero-order valence-electron chi connectivity index (χ0n) is 15.1. The van der Waals surface area contributed by atoms with Crippen molar-refractivity contribution < 1.29 is 20.1 Å². The summed E-state index contributed by atoms with van der Waals surface area (Å²) in [5.41, 5.74) is 4.46. The summed E-state index contributed by atoms with van der Waals surface area (Å²) in [5, 5.41) is 30.7. The number of nitrogens with one attached hydrogen (secondary N) is 1. The van der Waals surface area contributed by atoms with E-state index in [1.165, 1.54) is 0 Å². The molecule has 0 heterocycles. The summed E-state index contributed by atoms with van der Waals surface area (Å²) in [7, 11) is 0. The molecule has 0 aliphatic rings. The Morgan fingerprint density at radius 1 is 1.19 bits per heavy atom. The number of carbonyl (C=O) groups excluding carboxylic acids is 1. The Morgan fingerprint density at radius 2 is 1.81 bits per heavy atom. The van der Waals surface area contributed by atoms with E-state index in [2.05, 4.69) is 15.4 Å². The molecule has 0 bridgehead atoms. The van der Waals surface area contributed by atoms with Gasteiger partial charge in [-0.3, -0.25) is 4.79 Å². The van der Waals surface area contributed by atoms with Gasteiger partial charge in [-0.05, 0) is 30.5 Å². The van der Waals surface area contributed by atoms with Gasteiger partial charge in [0.25, 0.3) is 0 Å². The van der Waals surface area contributed by atoms with Crippen LogP contribution in [0.15, 0.2) is 29.4 Å². The predicted molar refractivity (Wildman–Crippen MR) is 109 cm³/mol. The molecule has 1 rings (SSSR count). The zero-order valence-corrected chi connectivity index (χ0v) is 16.6. The summed E-state index contributed by atoms with van der Waals surface area (Å²) < 4.78 is 0. The highest BCUT2D eigenvalue weighted by atomic mass is 35.5. The number of alkyl halides is 2. The third kappa shape index (κ3) is 9.39. The molecule has 7 nitrogen and oxygen atoms in total. The van der Waals surface area contributed by atoms with Gasteiger partial charge in [0.1, 0.15) is 12.2 Å². The van der Waals surface area contributed by atoms with Crippen molar-refractivity contribution in [2.75, 3.05) is 36.4 Å². The molecule has 1 aromatic carbocycles. The van der Waals surface area contributed by atoms with Crippen LogP contribution >= 0.6 is 23.2 Å². The van der Waals surface area contributed by atoms with E-state index in [4.69, 9.17) is 33.4 Å². The van der Waals surface area contributed by atoms with Gasteiger partial charge >= 0.3 is 0 Å². The summed E-state index contributed by atoms with van der Waals surface area (Å²) in [6.45, 7) is 0.881. The minimum absolute atomic E-state index is 0.280. The van der Waals surface area contributed by atoms with Crippen LogP contribution in [0.4, 0.5) is 5.69 Å². The van der Waals surface area contributed by atoms with E-state index in [1.54, 1.807) is 0 Å². The fraction of sp³-hybridized carbons (Fsp3) is 0.556. The molecule has 2 atom stereocenters. The van der Waals surface area contributed by atoms with Crippen LogP contribution in [0.3, 0.4) is 0 Å². The highest BCUT2D eigenvalue weighted by Crippen LogP contribution is 2.16. The second-order valence-electron chi connectivity index (χ2n) is 5.94. The molecule has 0 saturated heterocycles. The van der Waals surface area contributed by atoms with Crippen LogP contribution in [0.1, 0.15) is 18.4 Å². The highest BCUT2D eigenvalue weighted by Gasteiger charge is 2.12. The molecule has 1 amide bonds. The average Bonchev–Trinajstić information content (AvgIpc) is 2.67. The Balaban J connectivity index is 2.37. The van der Waals surface area contributed by atoms with E-state index in [0.29, 0.717) is 18.2 Å². The van der Waals surface area contributed by atoms with Crippen molar-refractivity contribution in [3.05, 3.63) is 29.8 Å². The second-order valence-corrected chi connectivity index (χ2v) is 6.69. The largest absolute Gasteiger partial charge is 0.394 e. The molecule has 4 N–H and O–H groups in total. The molecule has 152 valence electrons. The maximum atomic E-state index is 11.7. The van der Waals surface area contributed by atoms with Crippen LogP contribution in [0.25, 0.3) is 0 Å². The minimum atomic E-state index is -1.33. The summed E-state index contributed by atoms with van der Waals surface area (Å²) in [6.07, 6.45) is 0.00129. The third-order valence-electron chi connectivity index (χ3n) is 3.88. The number of hydrogen-bond donors (Lipinski definition) is 4. The first-order chi connectivity index (χ1) is 13.0. The van der Waals surface area contributed by atoms with Gasteiger partial charge in [0.2, 0.25) is 5.91 Å². The van der Waals surface area contributed by atoms with Crippen LogP contribution in [0.5, 0.6) is 0 Å². The Hall–Kier alpha value is -1.38. The van der Waals surface area contributed by atoms with E-state index in [1.807, 2.05) is 24.3 Å². The van der Waals surface area contributed by atoms with Crippen LogP contribution in [0.2, 0.25) is 0 Å². The molecule has 0 spiro atoms. The molecule has 0 fully saturated rings. The molecule has 0 radical (unpaired) electrons. The number of anilines is 1. The van der Waals surface area contributed by atoms with E-state index in [0.717, 1.165) is 37.0 Å². The average molecular weight is 420 g/mol. The van der Waals surface area contributed by atoms with E-state index >= 15 is 0 Å². The van der Waals surface area contributed by atoms with Gasteiger partial charge in [0, 0.05) is 37.0 Å². The van der Waals surface area contributed by atoms with E-state index < -0.39 is 18.8 Å². The van der Waals surface area contributed by atoms with Crippen molar-refractivity contribution >= 4 is 41.0 Å². The number of halogens is 2. The van der Waals surface area contributed by atoms with Gasteiger partial charge in [0.15, 0.2) is 0 Å². The Kier molecular flexibility index (Phi) is 12.0. The van der Waals surface area contributed by atoms with Crippen molar-refractivity contribution in [2.45, 2.75) is 31.5 Å². The van der Waals surface area contributed by atoms with Crippen molar-refractivity contribution in [3.63, 3.8) is 0 Å². The smallest absolute Gasteiger partial charge is 0.240 e. The van der Waals surface area contributed by atoms with Gasteiger partial charge in [-0.25, -0.2) is 5.43 Å². The minimum Gasteiger partial charge on any atom is -0.394 e. The maximum Gasteiger partial charge on any atom is 0.240 e. The molecular formula is C18H27Cl2N3O4. The lowest BCUT2D eigenvalue weighted by Crippen LogP contribution is -2.31. The predicted octanol–water partition coefficient (Wildman–Crippen LogP) is 1.11. The van der Waals surface area contributed by atoms with Crippen LogP contribution in [-0.4, -0.2) is 71.1 Å². The van der Waals surface area contributed by atoms with Crippen molar-refractivity contribution in [1.29, 1.82) is 0 Å². The third-order valence-corrected chi connectivity index (χ3v) is 4.22. The molecular weight excluding hydrogens is 393 g/mol. The second kappa shape index (κ2) is 13.7. The standard InChI is InChI=1S/C18H27Cl2N3O4/c19-8-10-23(11-9-20)15-6-4-14(5-7-15)2-1-3-18(27)22-21-12-16(25)17(26)13-24/h4-7,12,16-17,24-26H,1-3,8-11,13H2,(H,22,27)/b21-12+/t16-,17-/m1/s1. The number of aliphatic hydroxyl groups excluding tert-OH is 3. The summed E-state index contributed by atoms with van der Waals surface area (Å²) >= 11 is 11.6. The maximum absolute atomic E-state index is 11.7. The molecule has 1 aromatic rings. The summed E-state index contributed by atoms with van der Waals surface area (Å²) in [6, 6.07) is 8.08. The molecule has 27 heavy (non-hydrogen) atoms. The number of carbonyl (C=O) groups is 1. The molecule has 0 saturated carbocycles. The number of amides is 1. The van der Waals surface area contributed by atoms with Crippen LogP contribution in [0, 0.1) is 0 Å². The monoisotopic (exact) mass is 419 g/mol. The van der Waals surface area contributed by atoms with Crippen molar-refractivity contribution in [1.82, 2.24) is 5.43 Å². The van der Waals surface area contributed by atoms with Gasteiger partial charge in [0.05, 0.1) is 12.8 Å². The topological polar surface area (TPSA) is 105 Å². The Morgan fingerprint density at radius 3 is 2.37 bits per heavy atom. The number of hydrogen-bond acceptors (Lipinski definition) is 6. The lowest BCUT2D eigenvalue weighted by molar-refractivity contribution is -0.121. The Labute approximate surface area is 169 Å². The van der Waals surface area contributed by atoms with Gasteiger partial charge in [-0.15, -0.1) is 23.2 Å². The molecule has 0 aliphatic heterocycles. The highest BCUT2D eigenvalue weighted by molar-refractivity contribution is 6.18. The summed E-state index contributed by atoms with van der Waals surface area (Å²) in [5.74, 6) is 0.780. The first kappa shape index (κ1) is 23.7. The number of benzene rings is 1. The number of hydrazone groups is 1. The fourth-order valence-electron chi connectivity index (χ4n) is 2.35. The van der Waals surface area contributed by atoms with E-state index in [-0.39, 0.29) is 12.3 Å². The number of nitrogens with zero attached hydrogens (tertiary/aromatic N) is 2. The Bertz CT molecular complexity index is 566. The normalized spacial score (nSPS) is 13.5. The summed E-state index contributed by atoms with van der Waals surface area (Å²) in [4.78, 5) is 13.8. The zero-order chi connectivity index (χ0) is 20.1. The van der Waals surface area contributed by atoms with Crippen molar-refractivity contribution in [3.8, 4) is 0 Å². The molecule has 0 aromatic heterocycles. The quantitative estimate of drug-likeness (QED) is 0.217. The van der Waals surface area contributed by atoms with Crippen molar-refractivity contribution in [2.24, 2.45) is 5.10 Å². The lowest BCUT2D eigenvalue weighted by Gasteiger charge is -2.23. The van der Waals surface area contributed by atoms with Gasteiger partial charge < -0.3 is 20.2 Å². The molecule has 9 heteroatoms. The lowest BCUT2D eigenvalue weighted by atomic mass is 10.1. The first-order valence-corrected chi connectivity index (χ1v) is 9.83. The molecule has 0 aliphatic carbocycles. The van der Waals surface area contributed by atoms with Gasteiger partial charge in [-0.1, -0.05) is 12.1 Å². The number of aryl methyl sites for hydroxylation is 1. The van der Waals surface area contributed by atoms with E-state index in [9.17, 15) is 9.90 Å². The number of aliphatic hydroxyl groups is 3. The van der Waals surface area contributed by atoms with Crippen LogP contribution < -0.4 is 10.3 Å². The fourth-order valence-corrected chi connectivity index (χ4v) is 2.76.